The monoisotopic (exact) mass is 379 g/mol. The van der Waals surface area contributed by atoms with Gasteiger partial charge in [-0.05, 0) is 56.9 Å². The molecule has 1 aromatic rings. The van der Waals surface area contributed by atoms with Gasteiger partial charge in [-0.15, -0.1) is 0 Å². The van der Waals surface area contributed by atoms with Gasteiger partial charge in [0.05, 0.1) is 28.3 Å². The normalized spacial score (nSPS) is 24.7. The predicted molar refractivity (Wildman–Crippen MR) is 105 cm³/mol. The van der Waals surface area contributed by atoms with Crippen LogP contribution in [-0.4, -0.2) is 31.7 Å². The first kappa shape index (κ1) is 18.7. The molecule has 0 unspecified atom stereocenters. The van der Waals surface area contributed by atoms with Crippen molar-refractivity contribution in [2.75, 3.05) is 12.3 Å². The van der Waals surface area contributed by atoms with Crippen molar-refractivity contribution in [1.29, 1.82) is 0 Å². The second-order valence-electron chi connectivity index (χ2n) is 7.47. The molecule has 0 bridgehead atoms. The van der Waals surface area contributed by atoms with E-state index in [9.17, 15) is 8.42 Å². The minimum Gasteiger partial charge on any atom is -0.279 e. The lowest BCUT2D eigenvalue weighted by atomic mass is 9.79. The SMILES string of the molecule is CC(C)S(=O)(=O)CC1CCC(C2=C(Cl)C(c3ccccc3)=NC2)CC1. The molecule has 1 aliphatic heterocycles. The van der Waals surface area contributed by atoms with E-state index < -0.39 is 9.84 Å². The molecule has 25 heavy (non-hydrogen) atoms. The smallest absolute Gasteiger partial charge is 0.152 e. The molecule has 5 heteroatoms. The van der Waals surface area contributed by atoms with Gasteiger partial charge in [0.1, 0.15) is 0 Å². The topological polar surface area (TPSA) is 46.5 Å². The van der Waals surface area contributed by atoms with Crippen LogP contribution >= 0.6 is 11.6 Å². The molecule has 0 atom stereocenters. The number of sulfone groups is 1. The van der Waals surface area contributed by atoms with Gasteiger partial charge in [-0.25, -0.2) is 8.42 Å². The molecule has 1 aromatic carbocycles. The third kappa shape index (κ3) is 4.17. The summed E-state index contributed by atoms with van der Waals surface area (Å²) in [6, 6.07) is 10.1. The summed E-state index contributed by atoms with van der Waals surface area (Å²) in [5.74, 6) is 1.06. The lowest BCUT2D eigenvalue weighted by Crippen LogP contribution is -2.27. The molecule has 1 saturated carbocycles. The fraction of sp³-hybridized carbons (Fsp3) is 0.550. The lowest BCUT2D eigenvalue weighted by Gasteiger charge is -2.29. The van der Waals surface area contributed by atoms with Crippen LogP contribution in [-0.2, 0) is 9.84 Å². The maximum atomic E-state index is 12.1. The molecule has 136 valence electrons. The van der Waals surface area contributed by atoms with Crippen molar-refractivity contribution in [3.05, 3.63) is 46.5 Å². The molecule has 0 amide bonds. The van der Waals surface area contributed by atoms with Gasteiger partial charge >= 0.3 is 0 Å². The number of hydrogen-bond acceptors (Lipinski definition) is 3. The average molecular weight is 380 g/mol. The van der Waals surface area contributed by atoms with Gasteiger partial charge in [0.25, 0.3) is 0 Å². The summed E-state index contributed by atoms with van der Waals surface area (Å²) in [5.41, 5.74) is 3.21. The first-order chi connectivity index (χ1) is 11.9. The summed E-state index contributed by atoms with van der Waals surface area (Å²) >= 11 is 6.65. The summed E-state index contributed by atoms with van der Waals surface area (Å²) in [6.07, 6.45) is 3.96. The van der Waals surface area contributed by atoms with E-state index in [4.69, 9.17) is 11.6 Å². The highest BCUT2D eigenvalue weighted by Crippen LogP contribution is 2.39. The number of aliphatic imine (C=N–C) groups is 1. The maximum Gasteiger partial charge on any atom is 0.152 e. The Balaban J connectivity index is 1.63. The average Bonchev–Trinajstić information content (AvgIpc) is 2.97. The summed E-state index contributed by atoms with van der Waals surface area (Å²) in [7, 11) is -2.95. The zero-order chi connectivity index (χ0) is 18.0. The molecule has 3 nitrogen and oxygen atoms in total. The molecule has 1 aliphatic carbocycles. The molecular formula is C20H26ClNO2S. The van der Waals surface area contributed by atoms with Gasteiger partial charge in [-0.1, -0.05) is 41.9 Å². The Morgan fingerprint density at radius 2 is 1.76 bits per heavy atom. The van der Waals surface area contributed by atoms with E-state index in [1.807, 2.05) is 30.3 Å². The zero-order valence-electron chi connectivity index (χ0n) is 14.9. The van der Waals surface area contributed by atoms with Crippen molar-refractivity contribution >= 4 is 27.1 Å². The number of nitrogens with zero attached hydrogens (tertiary/aromatic N) is 1. The van der Waals surface area contributed by atoms with Gasteiger partial charge in [0.2, 0.25) is 0 Å². The number of allylic oxidation sites excluding steroid dienone is 1. The Morgan fingerprint density at radius 3 is 2.36 bits per heavy atom. The van der Waals surface area contributed by atoms with Crippen LogP contribution in [0.4, 0.5) is 0 Å². The second kappa shape index (κ2) is 7.63. The van der Waals surface area contributed by atoms with Crippen molar-refractivity contribution < 1.29 is 8.42 Å². The summed E-state index contributed by atoms with van der Waals surface area (Å²) in [6.45, 7) is 4.22. The lowest BCUT2D eigenvalue weighted by molar-refractivity contribution is 0.319. The van der Waals surface area contributed by atoms with Crippen LogP contribution in [0.3, 0.4) is 0 Å². The number of hydrogen-bond donors (Lipinski definition) is 0. The largest absolute Gasteiger partial charge is 0.279 e. The van der Waals surface area contributed by atoms with Crippen molar-refractivity contribution in [2.24, 2.45) is 16.8 Å². The zero-order valence-corrected chi connectivity index (χ0v) is 16.5. The van der Waals surface area contributed by atoms with Gasteiger partial charge in [0, 0.05) is 5.56 Å². The highest BCUT2D eigenvalue weighted by atomic mass is 35.5. The van der Waals surface area contributed by atoms with Crippen LogP contribution in [0.25, 0.3) is 0 Å². The summed E-state index contributed by atoms with van der Waals surface area (Å²) < 4.78 is 24.3. The number of rotatable bonds is 5. The molecular weight excluding hydrogens is 354 g/mol. The minimum absolute atomic E-state index is 0.279. The van der Waals surface area contributed by atoms with Crippen molar-refractivity contribution in [3.8, 4) is 0 Å². The third-order valence-electron chi connectivity index (χ3n) is 5.47. The van der Waals surface area contributed by atoms with Crippen LogP contribution in [0.15, 0.2) is 45.9 Å². The molecule has 0 spiro atoms. The van der Waals surface area contributed by atoms with Crippen LogP contribution in [0, 0.1) is 11.8 Å². The molecule has 3 rings (SSSR count). The molecule has 1 fully saturated rings. The Labute approximate surface area is 156 Å². The van der Waals surface area contributed by atoms with Gasteiger partial charge < -0.3 is 0 Å². The Kier molecular flexibility index (Phi) is 5.69. The van der Waals surface area contributed by atoms with Crippen molar-refractivity contribution in [2.45, 2.75) is 44.8 Å². The third-order valence-corrected chi connectivity index (χ3v) is 8.26. The second-order valence-corrected chi connectivity index (χ2v) is 10.4. The van der Waals surface area contributed by atoms with E-state index >= 15 is 0 Å². The Morgan fingerprint density at radius 1 is 1.12 bits per heavy atom. The Bertz CT molecular complexity index is 773. The predicted octanol–water partition coefficient (Wildman–Crippen LogP) is 4.61. The highest BCUT2D eigenvalue weighted by molar-refractivity contribution is 7.91. The molecule has 0 N–H and O–H groups in total. The quantitative estimate of drug-likeness (QED) is 0.749. The summed E-state index contributed by atoms with van der Waals surface area (Å²) in [5, 5.41) is 0.531. The van der Waals surface area contributed by atoms with E-state index in [2.05, 4.69) is 4.99 Å². The first-order valence-corrected chi connectivity index (χ1v) is 11.2. The molecule has 0 aromatic heterocycles. The Hall–Kier alpha value is -1.13. The molecule has 0 saturated heterocycles. The van der Waals surface area contributed by atoms with E-state index in [0.717, 1.165) is 42.0 Å². The standard InChI is InChI=1S/C20H26ClNO2S/c1-14(2)25(23,24)13-15-8-10-16(11-9-15)18-12-22-20(19(18)21)17-6-4-3-5-7-17/h3-7,14-16H,8-13H2,1-2H3. The van der Waals surface area contributed by atoms with Crippen molar-refractivity contribution in [1.82, 2.24) is 0 Å². The van der Waals surface area contributed by atoms with Crippen LogP contribution < -0.4 is 0 Å². The van der Waals surface area contributed by atoms with Crippen molar-refractivity contribution in [3.63, 3.8) is 0 Å². The van der Waals surface area contributed by atoms with E-state index in [-0.39, 0.29) is 5.25 Å². The summed E-state index contributed by atoms with van der Waals surface area (Å²) in [4.78, 5) is 4.66. The fourth-order valence-electron chi connectivity index (χ4n) is 3.78. The van der Waals surface area contributed by atoms with Gasteiger partial charge in [-0.3, -0.25) is 4.99 Å². The number of halogens is 1. The van der Waals surface area contributed by atoms with E-state index in [1.54, 1.807) is 13.8 Å². The van der Waals surface area contributed by atoms with Crippen LogP contribution in [0.1, 0.15) is 45.1 Å². The maximum absolute atomic E-state index is 12.1. The number of benzene rings is 1. The molecule has 2 aliphatic rings. The molecule has 0 radical (unpaired) electrons. The van der Waals surface area contributed by atoms with Gasteiger partial charge in [-0.2, -0.15) is 0 Å². The van der Waals surface area contributed by atoms with Crippen LogP contribution in [0.2, 0.25) is 0 Å². The fourth-order valence-corrected chi connectivity index (χ4v) is 5.53. The van der Waals surface area contributed by atoms with E-state index in [0.29, 0.717) is 24.1 Å². The molecule has 1 heterocycles. The van der Waals surface area contributed by atoms with Crippen LogP contribution in [0.5, 0.6) is 0 Å². The highest BCUT2D eigenvalue weighted by Gasteiger charge is 2.31. The first-order valence-electron chi connectivity index (χ1n) is 9.09. The minimum atomic E-state index is -2.95. The van der Waals surface area contributed by atoms with Gasteiger partial charge in [0.15, 0.2) is 9.84 Å². The van der Waals surface area contributed by atoms with E-state index in [1.165, 1.54) is 5.57 Å².